The van der Waals surface area contributed by atoms with Crippen LogP contribution in [0.15, 0.2) is 88.5 Å². The molecule has 0 aliphatic heterocycles. The molecule has 4 aromatic rings. The maximum absolute atomic E-state index is 5.86. The number of benzene rings is 3. The Morgan fingerprint density at radius 3 is 2.31 bits per heavy atom. The van der Waals surface area contributed by atoms with Crippen LogP contribution in [0.5, 0.6) is 5.75 Å². The summed E-state index contributed by atoms with van der Waals surface area (Å²) in [6.45, 7) is 0.232. The van der Waals surface area contributed by atoms with Crippen LogP contribution in [0.1, 0.15) is 11.5 Å². The second-order valence-corrected chi connectivity index (χ2v) is 7.85. The van der Waals surface area contributed by atoms with Gasteiger partial charge in [-0.2, -0.15) is 0 Å². The topological polar surface area (TPSA) is 48.2 Å². The fourth-order valence-corrected chi connectivity index (χ4v) is 3.67. The zero-order valence-corrected chi connectivity index (χ0v) is 17.2. The van der Waals surface area contributed by atoms with E-state index in [4.69, 9.17) is 20.8 Å². The maximum Gasteiger partial charge on any atom is 0.276 e. The van der Waals surface area contributed by atoms with E-state index in [0.717, 1.165) is 12.2 Å². The molecule has 0 spiro atoms. The number of rotatable bonds is 8. The van der Waals surface area contributed by atoms with Crippen LogP contribution in [0, 0.1) is 0 Å². The summed E-state index contributed by atoms with van der Waals surface area (Å²) < 4.78 is 11.3. The van der Waals surface area contributed by atoms with Gasteiger partial charge in [0.05, 0.1) is 0 Å². The zero-order chi connectivity index (χ0) is 19.9. The first-order valence-electron chi connectivity index (χ1n) is 9.24. The third-order valence-electron chi connectivity index (χ3n) is 4.30. The van der Waals surface area contributed by atoms with E-state index in [-0.39, 0.29) is 6.61 Å². The third-order valence-corrected chi connectivity index (χ3v) is 5.37. The van der Waals surface area contributed by atoms with Gasteiger partial charge in [-0.15, -0.1) is 10.2 Å². The Morgan fingerprint density at radius 2 is 1.55 bits per heavy atom. The average molecular weight is 423 g/mol. The molecule has 0 aliphatic rings. The number of aryl methyl sites for hydroxylation is 1. The normalized spacial score (nSPS) is 10.8. The van der Waals surface area contributed by atoms with Crippen LogP contribution in [0.3, 0.4) is 0 Å². The molecule has 0 radical (unpaired) electrons. The Bertz CT molecular complexity index is 1030. The van der Waals surface area contributed by atoms with Crippen molar-refractivity contribution in [3.63, 3.8) is 0 Å². The van der Waals surface area contributed by atoms with E-state index in [2.05, 4.69) is 58.7 Å². The molecule has 4 rings (SSSR count). The smallest absolute Gasteiger partial charge is 0.276 e. The standard InChI is InChI=1S/C23H19ClN2O2S/c24-20-10-12-21(13-11-20)27-16-22-25-26-23(28-22)29-15-14-17-6-8-19(9-7-17)18-4-2-1-3-5-18/h1-13H,14-16H2. The Balaban J connectivity index is 1.24. The Hall–Kier alpha value is -2.76. The first-order chi connectivity index (χ1) is 14.3. The van der Waals surface area contributed by atoms with E-state index in [9.17, 15) is 0 Å². The Morgan fingerprint density at radius 1 is 0.828 bits per heavy atom. The highest BCUT2D eigenvalue weighted by molar-refractivity contribution is 7.99. The largest absolute Gasteiger partial charge is 0.484 e. The number of halogens is 1. The Labute approximate surface area is 178 Å². The summed E-state index contributed by atoms with van der Waals surface area (Å²) in [6.07, 6.45) is 0.929. The van der Waals surface area contributed by atoms with Gasteiger partial charge in [-0.25, -0.2) is 0 Å². The first-order valence-corrected chi connectivity index (χ1v) is 10.6. The van der Waals surface area contributed by atoms with Crippen LogP contribution in [-0.2, 0) is 13.0 Å². The molecule has 0 N–H and O–H groups in total. The number of aromatic nitrogens is 2. The summed E-state index contributed by atoms with van der Waals surface area (Å²) in [7, 11) is 0. The lowest BCUT2D eigenvalue weighted by atomic mass is 10.0. The molecular formula is C23H19ClN2O2S. The molecule has 1 aromatic heterocycles. The SMILES string of the molecule is Clc1ccc(OCc2nnc(SCCc3ccc(-c4ccccc4)cc3)o2)cc1. The van der Waals surface area contributed by atoms with Crippen LogP contribution < -0.4 is 4.74 Å². The Kier molecular flexibility index (Phi) is 6.49. The van der Waals surface area contributed by atoms with E-state index < -0.39 is 0 Å². The molecule has 0 aliphatic carbocycles. The summed E-state index contributed by atoms with van der Waals surface area (Å²) in [5, 5.41) is 9.33. The van der Waals surface area contributed by atoms with Gasteiger partial charge in [0.25, 0.3) is 11.1 Å². The molecule has 6 heteroatoms. The second-order valence-electron chi connectivity index (χ2n) is 6.37. The first kappa shape index (κ1) is 19.6. The summed E-state index contributed by atoms with van der Waals surface area (Å²) in [5.74, 6) is 2.03. The predicted molar refractivity (Wildman–Crippen MR) is 116 cm³/mol. The third kappa shape index (κ3) is 5.62. The van der Waals surface area contributed by atoms with E-state index in [1.807, 2.05) is 6.07 Å². The quantitative estimate of drug-likeness (QED) is 0.311. The number of nitrogens with zero attached hydrogens (tertiary/aromatic N) is 2. The highest BCUT2D eigenvalue weighted by Gasteiger charge is 2.08. The second kappa shape index (κ2) is 9.63. The van der Waals surface area contributed by atoms with Crippen molar-refractivity contribution in [1.29, 1.82) is 0 Å². The van der Waals surface area contributed by atoms with Gasteiger partial charge in [-0.3, -0.25) is 0 Å². The average Bonchev–Trinajstić information content (AvgIpc) is 3.22. The molecule has 0 bridgehead atoms. The molecule has 29 heavy (non-hydrogen) atoms. The van der Waals surface area contributed by atoms with Gasteiger partial charge < -0.3 is 9.15 Å². The molecule has 0 unspecified atom stereocenters. The molecule has 4 nitrogen and oxygen atoms in total. The molecule has 0 saturated heterocycles. The van der Waals surface area contributed by atoms with Crippen LogP contribution in [-0.4, -0.2) is 16.0 Å². The lowest BCUT2D eigenvalue weighted by molar-refractivity contribution is 0.252. The monoisotopic (exact) mass is 422 g/mol. The number of ether oxygens (including phenoxy) is 1. The lowest BCUT2D eigenvalue weighted by Crippen LogP contribution is -1.95. The van der Waals surface area contributed by atoms with Gasteiger partial charge in [0.1, 0.15) is 5.75 Å². The highest BCUT2D eigenvalue weighted by Crippen LogP contribution is 2.22. The van der Waals surface area contributed by atoms with Crippen molar-refractivity contribution in [3.05, 3.63) is 95.3 Å². The number of hydrogen-bond donors (Lipinski definition) is 0. The van der Waals surface area contributed by atoms with Crippen molar-refractivity contribution in [2.75, 3.05) is 5.75 Å². The molecule has 0 fully saturated rings. The lowest BCUT2D eigenvalue weighted by Gasteiger charge is -2.04. The summed E-state index contributed by atoms with van der Waals surface area (Å²) >= 11 is 7.41. The van der Waals surface area contributed by atoms with Crippen molar-refractivity contribution >= 4 is 23.4 Å². The fraction of sp³-hybridized carbons (Fsp3) is 0.130. The molecule has 0 atom stereocenters. The summed E-state index contributed by atoms with van der Waals surface area (Å²) in [6, 6.07) is 26.2. The molecule has 1 heterocycles. The minimum Gasteiger partial charge on any atom is -0.484 e. The van der Waals surface area contributed by atoms with Crippen molar-refractivity contribution in [2.24, 2.45) is 0 Å². The van der Waals surface area contributed by atoms with E-state index in [1.165, 1.54) is 16.7 Å². The van der Waals surface area contributed by atoms with E-state index >= 15 is 0 Å². The van der Waals surface area contributed by atoms with Crippen molar-refractivity contribution in [2.45, 2.75) is 18.3 Å². The molecular weight excluding hydrogens is 404 g/mol. The zero-order valence-electron chi connectivity index (χ0n) is 15.6. The van der Waals surface area contributed by atoms with E-state index in [1.54, 1.807) is 36.0 Å². The van der Waals surface area contributed by atoms with Gasteiger partial charge in [-0.05, 0) is 47.4 Å². The maximum atomic E-state index is 5.86. The summed E-state index contributed by atoms with van der Waals surface area (Å²) in [4.78, 5) is 0. The van der Waals surface area contributed by atoms with Crippen LogP contribution in [0.2, 0.25) is 5.02 Å². The summed E-state index contributed by atoms with van der Waals surface area (Å²) in [5.41, 5.74) is 3.74. The van der Waals surface area contributed by atoms with Crippen LogP contribution in [0.4, 0.5) is 0 Å². The minimum absolute atomic E-state index is 0.232. The molecule has 3 aromatic carbocycles. The highest BCUT2D eigenvalue weighted by atomic mass is 35.5. The molecule has 0 amide bonds. The number of hydrogen-bond acceptors (Lipinski definition) is 5. The van der Waals surface area contributed by atoms with Gasteiger partial charge in [0.15, 0.2) is 6.61 Å². The fourth-order valence-electron chi connectivity index (χ4n) is 2.78. The van der Waals surface area contributed by atoms with Gasteiger partial charge in [0.2, 0.25) is 0 Å². The van der Waals surface area contributed by atoms with Gasteiger partial charge in [-0.1, -0.05) is 78.0 Å². The van der Waals surface area contributed by atoms with Gasteiger partial charge in [0, 0.05) is 10.8 Å². The molecule has 146 valence electrons. The van der Waals surface area contributed by atoms with Gasteiger partial charge >= 0.3 is 0 Å². The van der Waals surface area contributed by atoms with E-state index in [0.29, 0.717) is 21.9 Å². The predicted octanol–water partition coefficient (Wildman–Crippen LogP) is 6.30. The molecule has 0 saturated carbocycles. The van der Waals surface area contributed by atoms with Crippen LogP contribution >= 0.6 is 23.4 Å². The van der Waals surface area contributed by atoms with Crippen LogP contribution in [0.25, 0.3) is 11.1 Å². The van der Waals surface area contributed by atoms with Crippen molar-refractivity contribution in [3.8, 4) is 16.9 Å². The van der Waals surface area contributed by atoms with Crippen molar-refractivity contribution in [1.82, 2.24) is 10.2 Å². The number of thioether (sulfide) groups is 1. The van der Waals surface area contributed by atoms with Crippen molar-refractivity contribution < 1.29 is 9.15 Å². The minimum atomic E-state index is 0.232.